The summed E-state index contributed by atoms with van der Waals surface area (Å²) in [6.07, 6.45) is 0.341. The average Bonchev–Trinajstić information content (AvgIpc) is 2.69. The number of anilines is 3. The van der Waals surface area contributed by atoms with Gasteiger partial charge >= 0.3 is 5.97 Å². The van der Waals surface area contributed by atoms with Crippen LogP contribution in [0.3, 0.4) is 0 Å². The topological polar surface area (TPSA) is 93.4 Å². The zero-order valence-corrected chi connectivity index (χ0v) is 10.9. The standard InChI is InChI=1S/C13H17N3O3/c1-3-19-13(18)7(2)15-11-6-10-8(4-9(11)14)5-12(17)16-10/h4,6-7,15H,3,5,14H2,1-2H3,(H,16,17). The third-order valence-corrected chi connectivity index (χ3v) is 2.91. The summed E-state index contributed by atoms with van der Waals surface area (Å²) in [5.74, 6) is -0.392. The van der Waals surface area contributed by atoms with Crippen molar-refractivity contribution in [3.63, 3.8) is 0 Å². The maximum atomic E-state index is 11.5. The summed E-state index contributed by atoms with van der Waals surface area (Å²) < 4.78 is 4.91. The lowest BCUT2D eigenvalue weighted by atomic mass is 10.1. The number of rotatable bonds is 4. The van der Waals surface area contributed by atoms with Gasteiger partial charge in [-0.25, -0.2) is 4.79 Å². The Balaban J connectivity index is 2.16. The van der Waals surface area contributed by atoms with Crippen LogP contribution in [-0.4, -0.2) is 24.5 Å². The van der Waals surface area contributed by atoms with Gasteiger partial charge in [-0.3, -0.25) is 4.79 Å². The van der Waals surface area contributed by atoms with Crippen LogP contribution in [0.25, 0.3) is 0 Å². The van der Waals surface area contributed by atoms with Gasteiger partial charge in [0.1, 0.15) is 6.04 Å². The van der Waals surface area contributed by atoms with Gasteiger partial charge in [0.05, 0.1) is 24.4 Å². The van der Waals surface area contributed by atoms with E-state index in [4.69, 9.17) is 10.5 Å². The van der Waals surface area contributed by atoms with Crippen LogP contribution in [0.15, 0.2) is 12.1 Å². The van der Waals surface area contributed by atoms with Crippen LogP contribution in [0.1, 0.15) is 19.4 Å². The molecular weight excluding hydrogens is 246 g/mol. The van der Waals surface area contributed by atoms with E-state index in [9.17, 15) is 9.59 Å². The molecule has 1 aromatic rings. The molecule has 4 N–H and O–H groups in total. The predicted octanol–water partition coefficient (Wildman–Crippen LogP) is 1.13. The van der Waals surface area contributed by atoms with Gasteiger partial charge in [-0.1, -0.05) is 0 Å². The smallest absolute Gasteiger partial charge is 0.328 e. The summed E-state index contributed by atoms with van der Waals surface area (Å²) in [6.45, 7) is 3.79. The quantitative estimate of drug-likeness (QED) is 0.559. The zero-order chi connectivity index (χ0) is 14.0. The average molecular weight is 263 g/mol. The first-order valence-corrected chi connectivity index (χ1v) is 6.16. The normalized spacial score (nSPS) is 14.5. The van der Waals surface area contributed by atoms with Crippen LogP contribution in [0.5, 0.6) is 0 Å². The lowest BCUT2D eigenvalue weighted by Gasteiger charge is -2.16. The molecule has 1 aliphatic heterocycles. The first-order chi connectivity index (χ1) is 9.01. The fraction of sp³-hybridized carbons (Fsp3) is 0.385. The van der Waals surface area contributed by atoms with E-state index in [2.05, 4.69) is 10.6 Å². The van der Waals surface area contributed by atoms with Gasteiger partial charge in [-0.05, 0) is 31.5 Å². The predicted molar refractivity (Wildman–Crippen MR) is 72.9 cm³/mol. The Labute approximate surface area is 111 Å². The molecule has 0 bridgehead atoms. The van der Waals surface area contributed by atoms with E-state index in [1.54, 1.807) is 26.0 Å². The first kappa shape index (κ1) is 13.2. The Morgan fingerprint density at radius 1 is 1.58 bits per heavy atom. The molecule has 0 aromatic heterocycles. The Bertz CT molecular complexity index is 528. The molecule has 0 saturated heterocycles. The minimum Gasteiger partial charge on any atom is -0.464 e. The Morgan fingerprint density at radius 3 is 3.00 bits per heavy atom. The molecule has 0 saturated carbocycles. The molecule has 1 atom stereocenters. The van der Waals surface area contributed by atoms with Gasteiger partial charge < -0.3 is 21.1 Å². The third kappa shape index (κ3) is 2.78. The van der Waals surface area contributed by atoms with E-state index in [0.717, 1.165) is 11.3 Å². The zero-order valence-electron chi connectivity index (χ0n) is 10.9. The highest BCUT2D eigenvalue weighted by molar-refractivity contribution is 6.01. The fourth-order valence-electron chi connectivity index (χ4n) is 1.98. The molecule has 1 heterocycles. The van der Waals surface area contributed by atoms with Crippen molar-refractivity contribution in [3.05, 3.63) is 17.7 Å². The Hall–Kier alpha value is -2.24. The number of amides is 1. The van der Waals surface area contributed by atoms with E-state index in [-0.39, 0.29) is 11.9 Å². The van der Waals surface area contributed by atoms with Gasteiger partial charge in [-0.2, -0.15) is 0 Å². The number of nitrogen functional groups attached to an aromatic ring is 1. The van der Waals surface area contributed by atoms with Crippen molar-refractivity contribution < 1.29 is 14.3 Å². The summed E-state index contributed by atoms with van der Waals surface area (Å²) in [5.41, 5.74) is 8.63. The molecule has 1 aliphatic rings. The van der Waals surface area contributed by atoms with Gasteiger partial charge in [0.2, 0.25) is 5.91 Å². The lowest BCUT2D eigenvalue weighted by Crippen LogP contribution is -2.28. The number of nitrogens with two attached hydrogens (primary N) is 1. The van der Waals surface area contributed by atoms with Crippen molar-refractivity contribution in [2.24, 2.45) is 0 Å². The number of carbonyl (C=O) groups is 2. The van der Waals surface area contributed by atoms with Crippen molar-refractivity contribution in [1.29, 1.82) is 0 Å². The number of nitrogens with one attached hydrogen (secondary N) is 2. The Kier molecular flexibility index (Phi) is 3.59. The molecule has 6 heteroatoms. The van der Waals surface area contributed by atoms with Gasteiger partial charge in [-0.15, -0.1) is 0 Å². The molecule has 0 radical (unpaired) electrons. The van der Waals surface area contributed by atoms with E-state index in [1.165, 1.54) is 0 Å². The molecule has 0 spiro atoms. The fourth-order valence-corrected chi connectivity index (χ4v) is 1.98. The molecule has 102 valence electrons. The molecule has 0 fully saturated rings. The van der Waals surface area contributed by atoms with Crippen LogP contribution in [-0.2, 0) is 20.7 Å². The maximum Gasteiger partial charge on any atom is 0.328 e. The SMILES string of the molecule is CCOC(=O)C(C)Nc1cc2c(cc1N)CC(=O)N2. The summed E-state index contributed by atoms with van der Waals surface area (Å²) in [4.78, 5) is 22.8. The summed E-state index contributed by atoms with van der Waals surface area (Å²) >= 11 is 0. The number of esters is 1. The van der Waals surface area contributed by atoms with Crippen molar-refractivity contribution >= 4 is 28.9 Å². The third-order valence-electron chi connectivity index (χ3n) is 2.91. The molecule has 1 unspecified atom stereocenters. The van der Waals surface area contributed by atoms with Crippen LogP contribution in [0, 0.1) is 0 Å². The van der Waals surface area contributed by atoms with Crippen LogP contribution < -0.4 is 16.4 Å². The van der Waals surface area contributed by atoms with E-state index >= 15 is 0 Å². The van der Waals surface area contributed by atoms with Gasteiger partial charge in [0, 0.05) is 5.69 Å². The molecule has 1 aromatic carbocycles. The summed E-state index contributed by atoms with van der Waals surface area (Å²) in [7, 11) is 0. The summed E-state index contributed by atoms with van der Waals surface area (Å²) in [6, 6.07) is 2.98. The molecule has 2 rings (SSSR count). The number of benzene rings is 1. The van der Waals surface area contributed by atoms with Crippen molar-refractivity contribution in [2.75, 3.05) is 23.0 Å². The van der Waals surface area contributed by atoms with Crippen molar-refractivity contribution in [1.82, 2.24) is 0 Å². The molecule has 1 amide bonds. The van der Waals surface area contributed by atoms with E-state index in [1.807, 2.05) is 0 Å². The number of ether oxygens (including phenoxy) is 1. The monoisotopic (exact) mass is 263 g/mol. The molecule has 0 aliphatic carbocycles. The van der Waals surface area contributed by atoms with Crippen molar-refractivity contribution in [3.8, 4) is 0 Å². The second-order valence-corrected chi connectivity index (χ2v) is 4.44. The van der Waals surface area contributed by atoms with Crippen LogP contribution >= 0.6 is 0 Å². The van der Waals surface area contributed by atoms with E-state index < -0.39 is 6.04 Å². The van der Waals surface area contributed by atoms with Gasteiger partial charge in [0.25, 0.3) is 0 Å². The highest BCUT2D eigenvalue weighted by Gasteiger charge is 2.21. The number of hydrogen-bond acceptors (Lipinski definition) is 5. The van der Waals surface area contributed by atoms with Gasteiger partial charge in [0.15, 0.2) is 0 Å². The maximum absolute atomic E-state index is 11.5. The highest BCUT2D eigenvalue weighted by atomic mass is 16.5. The second-order valence-electron chi connectivity index (χ2n) is 4.44. The number of carbonyl (C=O) groups excluding carboxylic acids is 2. The molecule has 6 nitrogen and oxygen atoms in total. The molecular formula is C13H17N3O3. The minimum atomic E-state index is -0.502. The largest absolute Gasteiger partial charge is 0.464 e. The number of fused-ring (bicyclic) bond motifs is 1. The van der Waals surface area contributed by atoms with E-state index in [0.29, 0.717) is 24.4 Å². The second kappa shape index (κ2) is 5.17. The minimum absolute atomic E-state index is 0.0509. The highest BCUT2D eigenvalue weighted by Crippen LogP contribution is 2.31. The van der Waals surface area contributed by atoms with Crippen molar-refractivity contribution in [2.45, 2.75) is 26.3 Å². The Morgan fingerprint density at radius 2 is 2.32 bits per heavy atom. The lowest BCUT2D eigenvalue weighted by molar-refractivity contribution is -0.143. The number of hydrogen-bond donors (Lipinski definition) is 3. The summed E-state index contributed by atoms with van der Waals surface area (Å²) in [5, 5.41) is 5.73. The first-order valence-electron chi connectivity index (χ1n) is 6.16. The molecule has 19 heavy (non-hydrogen) atoms. The van der Waals surface area contributed by atoms with Crippen LogP contribution in [0.4, 0.5) is 17.1 Å². The van der Waals surface area contributed by atoms with Crippen LogP contribution in [0.2, 0.25) is 0 Å².